The Balaban J connectivity index is 1.46. The number of rotatable bonds is 5. The van der Waals surface area contributed by atoms with Crippen molar-refractivity contribution < 1.29 is 9.80 Å². The highest BCUT2D eigenvalue weighted by Gasteiger charge is 2.24. The maximum atomic E-state index is 2.37. The summed E-state index contributed by atoms with van der Waals surface area (Å²) in [5.41, 5.74) is 2.95. The van der Waals surface area contributed by atoms with Gasteiger partial charge in [-0.15, -0.1) is 0 Å². The van der Waals surface area contributed by atoms with E-state index < -0.39 is 0 Å². The van der Waals surface area contributed by atoms with E-state index in [-0.39, 0.29) is 0 Å². The molecular formula is C20H28N2+2. The molecule has 0 unspecified atom stereocenters. The quantitative estimate of drug-likeness (QED) is 0.807. The molecule has 1 aliphatic rings. The predicted octanol–water partition coefficient (Wildman–Crippen LogP) is 0.774. The van der Waals surface area contributed by atoms with Crippen LogP contribution in [0.25, 0.3) is 0 Å². The molecule has 2 aromatic carbocycles. The molecule has 3 rings (SSSR count). The van der Waals surface area contributed by atoms with Gasteiger partial charge in [-0.3, -0.25) is 0 Å². The standard InChI is InChI=1S/C20H26N2/c1-18(20-10-6-3-7-11-20)16-21-12-14-22(15-13-21)17-19-8-4-2-5-9-19/h2-11,18H,12-17H2,1H3/p+2/t18-/m1/s1. The van der Waals surface area contributed by atoms with Crippen LogP contribution in [0.5, 0.6) is 0 Å². The number of hydrogen-bond donors (Lipinski definition) is 2. The summed E-state index contributed by atoms with van der Waals surface area (Å²) in [6, 6.07) is 21.9. The molecule has 1 atom stereocenters. The molecule has 1 saturated heterocycles. The van der Waals surface area contributed by atoms with Crippen molar-refractivity contribution in [1.82, 2.24) is 0 Å². The summed E-state index contributed by atoms with van der Waals surface area (Å²) in [7, 11) is 0. The summed E-state index contributed by atoms with van der Waals surface area (Å²) in [6.45, 7) is 10.0. The van der Waals surface area contributed by atoms with Crippen LogP contribution in [0.1, 0.15) is 24.0 Å². The molecule has 0 bridgehead atoms. The van der Waals surface area contributed by atoms with E-state index >= 15 is 0 Å². The Morgan fingerprint density at radius 2 is 1.32 bits per heavy atom. The molecule has 2 N–H and O–H groups in total. The Hall–Kier alpha value is -1.64. The van der Waals surface area contributed by atoms with E-state index in [1.54, 1.807) is 9.80 Å². The minimum Gasteiger partial charge on any atom is -0.325 e. The molecule has 0 spiro atoms. The van der Waals surface area contributed by atoms with E-state index in [2.05, 4.69) is 67.6 Å². The summed E-state index contributed by atoms with van der Waals surface area (Å²) in [5.74, 6) is 0.659. The Morgan fingerprint density at radius 3 is 1.95 bits per heavy atom. The van der Waals surface area contributed by atoms with Crippen LogP contribution in [-0.4, -0.2) is 32.7 Å². The first kappa shape index (κ1) is 15.3. The highest BCUT2D eigenvalue weighted by molar-refractivity contribution is 5.18. The molecule has 116 valence electrons. The molecule has 2 aromatic rings. The Bertz CT molecular complexity index is 544. The second-order valence-electron chi connectivity index (χ2n) is 6.68. The van der Waals surface area contributed by atoms with Crippen LogP contribution in [0, 0.1) is 0 Å². The SMILES string of the molecule is C[C@H](C[NH+]1CC[NH+](Cc2ccccc2)CC1)c1ccccc1. The number of hydrogen-bond acceptors (Lipinski definition) is 0. The average Bonchev–Trinajstić information content (AvgIpc) is 2.58. The van der Waals surface area contributed by atoms with Crippen LogP contribution >= 0.6 is 0 Å². The zero-order valence-electron chi connectivity index (χ0n) is 13.6. The smallest absolute Gasteiger partial charge is 0.127 e. The summed E-state index contributed by atoms with van der Waals surface area (Å²) < 4.78 is 0. The van der Waals surface area contributed by atoms with Crippen molar-refractivity contribution in [1.29, 1.82) is 0 Å². The second kappa shape index (κ2) is 7.57. The van der Waals surface area contributed by atoms with Crippen LogP contribution < -0.4 is 9.80 Å². The molecule has 1 heterocycles. The largest absolute Gasteiger partial charge is 0.325 e. The maximum Gasteiger partial charge on any atom is 0.127 e. The van der Waals surface area contributed by atoms with Gasteiger partial charge in [0, 0.05) is 11.5 Å². The molecule has 2 nitrogen and oxygen atoms in total. The van der Waals surface area contributed by atoms with Crippen LogP contribution in [0.3, 0.4) is 0 Å². The third kappa shape index (κ3) is 4.19. The van der Waals surface area contributed by atoms with Crippen LogP contribution in [0.2, 0.25) is 0 Å². The Labute approximate surface area is 134 Å². The zero-order valence-corrected chi connectivity index (χ0v) is 13.6. The Kier molecular flexibility index (Phi) is 5.25. The molecule has 0 aromatic heterocycles. The number of quaternary nitrogens is 2. The van der Waals surface area contributed by atoms with Crippen molar-refractivity contribution in [2.24, 2.45) is 0 Å². The second-order valence-corrected chi connectivity index (χ2v) is 6.68. The summed E-state index contributed by atoms with van der Waals surface area (Å²) in [6.07, 6.45) is 0. The minimum absolute atomic E-state index is 0.659. The maximum absolute atomic E-state index is 2.37. The fourth-order valence-corrected chi connectivity index (χ4v) is 3.55. The van der Waals surface area contributed by atoms with Gasteiger partial charge in [-0.2, -0.15) is 0 Å². The van der Waals surface area contributed by atoms with E-state index in [1.807, 2.05) is 0 Å². The van der Waals surface area contributed by atoms with Gasteiger partial charge in [-0.05, 0) is 5.56 Å². The molecular weight excluding hydrogens is 268 g/mol. The van der Waals surface area contributed by atoms with E-state index in [9.17, 15) is 0 Å². The van der Waals surface area contributed by atoms with Crippen molar-refractivity contribution >= 4 is 0 Å². The molecule has 0 aliphatic carbocycles. The van der Waals surface area contributed by atoms with Crippen LogP contribution in [-0.2, 0) is 6.54 Å². The van der Waals surface area contributed by atoms with Gasteiger partial charge in [0.05, 0.1) is 6.54 Å². The van der Waals surface area contributed by atoms with E-state index in [4.69, 9.17) is 0 Å². The van der Waals surface area contributed by atoms with Gasteiger partial charge in [0.15, 0.2) is 0 Å². The predicted molar refractivity (Wildman–Crippen MR) is 91.3 cm³/mol. The molecule has 0 radical (unpaired) electrons. The van der Waals surface area contributed by atoms with Crippen molar-refractivity contribution in [3.05, 3.63) is 71.8 Å². The van der Waals surface area contributed by atoms with Gasteiger partial charge in [-0.1, -0.05) is 67.6 Å². The molecule has 0 amide bonds. The third-order valence-electron chi connectivity index (χ3n) is 4.92. The van der Waals surface area contributed by atoms with E-state index in [0.717, 1.165) is 0 Å². The fourth-order valence-electron chi connectivity index (χ4n) is 3.55. The third-order valence-corrected chi connectivity index (χ3v) is 4.92. The summed E-state index contributed by atoms with van der Waals surface area (Å²) >= 11 is 0. The zero-order chi connectivity index (χ0) is 15.2. The van der Waals surface area contributed by atoms with Gasteiger partial charge in [-0.25, -0.2) is 0 Å². The molecule has 0 saturated carbocycles. The van der Waals surface area contributed by atoms with Gasteiger partial charge in [0.2, 0.25) is 0 Å². The lowest BCUT2D eigenvalue weighted by Crippen LogP contribution is -3.27. The van der Waals surface area contributed by atoms with Crippen molar-refractivity contribution in [2.45, 2.75) is 19.4 Å². The monoisotopic (exact) mass is 296 g/mol. The van der Waals surface area contributed by atoms with Crippen molar-refractivity contribution in [3.8, 4) is 0 Å². The first-order valence-electron chi connectivity index (χ1n) is 8.57. The molecule has 1 aliphatic heterocycles. The fraction of sp³-hybridized carbons (Fsp3) is 0.400. The summed E-state index contributed by atoms with van der Waals surface area (Å²) in [4.78, 5) is 3.51. The lowest BCUT2D eigenvalue weighted by molar-refractivity contribution is -1.02. The average molecular weight is 296 g/mol. The van der Waals surface area contributed by atoms with Crippen LogP contribution in [0.4, 0.5) is 0 Å². The van der Waals surface area contributed by atoms with Gasteiger partial charge >= 0.3 is 0 Å². The van der Waals surface area contributed by atoms with Gasteiger partial charge in [0.1, 0.15) is 32.7 Å². The molecule has 1 fully saturated rings. The molecule has 2 heteroatoms. The highest BCUT2D eigenvalue weighted by Crippen LogP contribution is 2.11. The van der Waals surface area contributed by atoms with Crippen LogP contribution in [0.15, 0.2) is 60.7 Å². The first-order chi connectivity index (χ1) is 10.8. The van der Waals surface area contributed by atoms with E-state index in [0.29, 0.717) is 5.92 Å². The lowest BCUT2D eigenvalue weighted by Gasteiger charge is -2.31. The first-order valence-corrected chi connectivity index (χ1v) is 8.57. The normalized spacial score (nSPS) is 23.1. The lowest BCUT2D eigenvalue weighted by atomic mass is 10.0. The topological polar surface area (TPSA) is 8.88 Å². The van der Waals surface area contributed by atoms with Crippen molar-refractivity contribution in [3.63, 3.8) is 0 Å². The number of piperazine rings is 1. The van der Waals surface area contributed by atoms with E-state index in [1.165, 1.54) is 50.4 Å². The van der Waals surface area contributed by atoms with Gasteiger partial charge < -0.3 is 9.80 Å². The molecule has 22 heavy (non-hydrogen) atoms. The van der Waals surface area contributed by atoms with Crippen molar-refractivity contribution in [2.75, 3.05) is 32.7 Å². The van der Waals surface area contributed by atoms with Gasteiger partial charge in [0.25, 0.3) is 0 Å². The number of nitrogens with one attached hydrogen (secondary N) is 2. The summed E-state index contributed by atoms with van der Waals surface area (Å²) in [5, 5.41) is 0. The number of benzene rings is 2. The Morgan fingerprint density at radius 1 is 0.773 bits per heavy atom. The highest BCUT2D eigenvalue weighted by atomic mass is 15.3. The minimum atomic E-state index is 0.659.